The van der Waals surface area contributed by atoms with Gasteiger partial charge >= 0.3 is 0 Å². The number of ether oxygens (including phenoxy) is 1. The Balaban J connectivity index is 1.67. The molecule has 1 aliphatic carbocycles. The van der Waals surface area contributed by atoms with Gasteiger partial charge in [-0.05, 0) is 42.0 Å². The molecule has 2 aliphatic rings. The van der Waals surface area contributed by atoms with Crippen molar-refractivity contribution in [3.05, 3.63) is 69.7 Å². The third kappa shape index (κ3) is 3.88. The van der Waals surface area contributed by atoms with Crippen LogP contribution >= 0.6 is 11.6 Å². The number of hydrogen-bond donors (Lipinski definition) is 6. The van der Waals surface area contributed by atoms with Crippen molar-refractivity contribution in [1.29, 1.82) is 0 Å². The van der Waals surface area contributed by atoms with E-state index < -0.39 is 42.9 Å². The zero-order valence-electron chi connectivity index (χ0n) is 16.2. The molecule has 1 heterocycles. The quantitative estimate of drug-likeness (QED) is 0.384. The maximum absolute atomic E-state index is 11.1. The van der Waals surface area contributed by atoms with Crippen LogP contribution in [0.1, 0.15) is 47.1 Å². The molecular formula is C22H26ClNO6. The lowest BCUT2D eigenvalue weighted by molar-refractivity contribution is -0.231. The predicted molar refractivity (Wildman–Crippen MR) is 110 cm³/mol. The minimum Gasteiger partial charge on any atom is -0.394 e. The van der Waals surface area contributed by atoms with Crippen LogP contribution in [0.3, 0.4) is 0 Å². The first-order valence-electron chi connectivity index (χ1n) is 9.96. The predicted octanol–water partition coefficient (Wildman–Crippen LogP) is 0.884. The standard InChI is InChI=1S/C22H26ClNO6/c23-16-8-5-13(21-20(28)19(27)18(26)17(10-25)30-21)9-15(16)22(24,29)14-6-3-12(4-7-14)11-1-2-11/h3-9,11,17-21,25-29H,1-2,10,24H2. The molecule has 4 rings (SSSR count). The highest BCUT2D eigenvalue weighted by Gasteiger charge is 2.44. The van der Waals surface area contributed by atoms with Gasteiger partial charge in [0.15, 0.2) is 5.72 Å². The first kappa shape index (κ1) is 21.7. The second-order valence-corrected chi connectivity index (χ2v) is 8.56. The number of hydrogen-bond acceptors (Lipinski definition) is 7. The second-order valence-electron chi connectivity index (χ2n) is 8.15. The first-order valence-corrected chi connectivity index (χ1v) is 10.3. The summed E-state index contributed by atoms with van der Waals surface area (Å²) in [6.07, 6.45) is -4.17. The minimum absolute atomic E-state index is 0.206. The van der Waals surface area contributed by atoms with Crippen LogP contribution in [0, 0.1) is 0 Å². The molecule has 0 spiro atoms. The molecular weight excluding hydrogens is 410 g/mol. The van der Waals surface area contributed by atoms with Crippen LogP contribution in [0.4, 0.5) is 0 Å². The highest BCUT2D eigenvalue weighted by atomic mass is 35.5. The van der Waals surface area contributed by atoms with Gasteiger partial charge in [0.2, 0.25) is 0 Å². The van der Waals surface area contributed by atoms with Gasteiger partial charge in [0.05, 0.1) is 6.61 Å². The topological polar surface area (TPSA) is 136 Å². The lowest BCUT2D eigenvalue weighted by atomic mass is 9.88. The Morgan fingerprint density at radius 3 is 2.20 bits per heavy atom. The Bertz CT molecular complexity index is 899. The van der Waals surface area contributed by atoms with E-state index in [1.807, 2.05) is 12.1 Å². The number of aliphatic hydroxyl groups excluding tert-OH is 4. The normalized spacial score (nSPS) is 31.4. The summed E-state index contributed by atoms with van der Waals surface area (Å²) in [7, 11) is 0. The van der Waals surface area contributed by atoms with Crippen LogP contribution in [0.15, 0.2) is 42.5 Å². The van der Waals surface area contributed by atoms with Crippen LogP contribution in [-0.4, -0.2) is 56.6 Å². The molecule has 8 heteroatoms. The molecule has 6 unspecified atom stereocenters. The van der Waals surface area contributed by atoms with E-state index in [1.54, 1.807) is 18.2 Å². The molecule has 2 aromatic rings. The number of aliphatic hydroxyl groups is 5. The molecule has 0 bridgehead atoms. The lowest BCUT2D eigenvalue weighted by Crippen LogP contribution is -2.55. The SMILES string of the molecule is NC(O)(c1ccc(C2CC2)cc1)c1cc(C2OC(CO)C(O)C(O)C2O)ccc1Cl. The monoisotopic (exact) mass is 435 g/mol. The summed E-state index contributed by atoms with van der Waals surface area (Å²) in [5.41, 5.74) is 6.64. The van der Waals surface area contributed by atoms with Crippen molar-refractivity contribution in [2.75, 3.05) is 6.61 Å². The van der Waals surface area contributed by atoms with Crippen molar-refractivity contribution in [3.63, 3.8) is 0 Å². The fraction of sp³-hybridized carbons (Fsp3) is 0.455. The van der Waals surface area contributed by atoms with E-state index in [1.165, 1.54) is 30.5 Å². The zero-order chi connectivity index (χ0) is 21.6. The molecule has 7 nitrogen and oxygen atoms in total. The van der Waals surface area contributed by atoms with Gasteiger partial charge in [0, 0.05) is 16.1 Å². The Labute approximate surface area is 179 Å². The van der Waals surface area contributed by atoms with E-state index in [0.717, 1.165) is 0 Å². The van der Waals surface area contributed by atoms with Crippen molar-refractivity contribution in [1.82, 2.24) is 0 Å². The van der Waals surface area contributed by atoms with E-state index in [0.29, 0.717) is 17.0 Å². The van der Waals surface area contributed by atoms with E-state index in [9.17, 15) is 25.5 Å². The van der Waals surface area contributed by atoms with Crippen molar-refractivity contribution in [2.45, 2.75) is 55.0 Å². The van der Waals surface area contributed by atoms with Crippen LogP contribution < -0.4 is 5.73 Å². The average Bonchev–Trinajstić information content (AvgIpc) is 3.58. The van der Waals surface area contributed by atoms with Crippen LogP contribution in [0.25, 0.3) is 0 Å². The zero-order valence-corrected chi connectivity index (χ0v) is 17.0. The molecule has 1 saturated heterocycles. The average molecular weight is 436 g/mol. The summed E-state index contributed by atoms with van der Waals surface area (Å²) < 4.78 is 5.60. The third-order valence-corrected chi connectivity index (χ3v) is 6.35. The molecule has 6 atom stereocenters. The van der Waals surface area contributed by atoms with Crippen LogP contribution in [0.5, 0.6) is 0 Å². The van der Waals surface area contributed by atoms with Crippen molar-refractivity contribution < 1.29 is 30.3 Å². The van der Waals surface area contributed by atoms with Crippen molar-refractivity contribution in [2.24, 2.45) is 5.73 Å². The van der Waals surface area contributed by atoms with Gasteiger partial charge in [-0.3, -0.25) is 5.73 Å². The Hall–Kier alpha value is -1.55. The first-order chi connectivity index (χ1) is 14.2. The summed E-state index contributed by atoms with van der Waals surface area (Å²) in [5, 5.41) is 51.2. The van der Waals surface area contributed by atoms with E-state index >= 15 is 0 Å². The summed E-state index contributed by atoms with van der Waals surface area (Å²) in [5.74, 6) is 0.572. The van der Waals surface area contributed by atoms with Gasteiger partial charge in [-0.1, -0.05) is 41.9 Å². The van der Waals surface area contributed by atoms with E-state index in [-0.39, 0.29) is 10.6 Å². The Morgan fingerprint density at radius 1 is 0.967 bits per heavy atom. The number of halogens is 1. The molecule has 30 heavy (non-hydrogen) atoms. The maximum Gasteiger partial charge on any atom is 0.167 e. The van der Waals surface area contributed by atoms with Gasteiger partial charge in [0.1, 0.15) is 30.5 Å². The largest absolute Gasteiger partial charge is 0.394 e. The smallest absolute Gasteiger partial charge is 0.167 e. The Kier molecular flexibility index (Phi) is 5.91. The van der Waals surface area contributed by atoms with Crippen LogP contribution in [-0.2, 0) is 10.5 Å². The molecule has 0 amide bonds. The van der Waals surface area contributed by atoms with Crippen molar-refractivity contribution in [3.8, 4) is 0 Å². The molecule has 1 saturated carbocycles. The molecule has 2 fully saturated rings. The molecule has 162 valence electrons. The van der Waals surface area contributed by atoms with Gasteiger partial charge in [0.25, 0.3) is 0 Å². The number of rotatable bonds is 5. The highest BCUT2D eigenvalue weighted by molar-refractivity contribution is 6.31. The fourth-order valence-corrected chi connectivity index (χ4v) is 4.23. The molecule has 1 aliphatic heterocycles. The van der Waals surface area contributed by atoms with Crippen molar-refractivity contribution >= 4 is 11.6 Å². The Morgan fingerprint density at radius 2 is 1.60 bits per heavy atom. The van der Waals surface area contributed by atoms with Gasteiger partial charge in [-0.15, -0.1) is 0 Å². The van der Waals surface area contributed by atoms with E-state index in [4.69, 9.17) is 22.1 Å². The maximum atomic E-state index is 11.1. The third-order valence-electron chi connectivity index (χ3n) is 6.02. The number of nitrogens with two attached hydrogens (primary N) is 1. The summed E-state index contributed by atoms with van der Waals surface area (Å²) in [6.45, 7) is -0.532. The molecule has 0 radical (unpaired) electrons. The molecule has 0 aromatic heterocycles. The van der Waals surface area contributed by atoms with E-state index in [2.05, 4.69) is 0 Å². The fourth-order valence-electron chi connectivity index (χ4n) is 3.97. The number of benzene rings is 2. The van der Waals surface area contributed by atoms with Crippen LogP contribution in [0.2, 0.25) is 5.02 Å². The second kappa shape index (κ2) is 8.18. The molecule has 7 N–H and O–H groups in total. The minimum atomic E-state index is -1.90. The summed E-state index contributed by atoms with van der Waals surface area (Å²) >= 11 is 6.33. The highest BCUT2D eigenvalue weighted by Crippen LogP contribution is 2.41. The van der Waals surface area contributed by atoms with Gasteiger partial charge < -0.3 is 30.3 Å². The lowest BCUT2D eigenvalue weighted by Gasteiger charge is -2.40. The summed E-state index contributed by atoms with van der Waals surface area (Å²) in [4.78, 5) is 0. The molecule has 2 aromatic carbocycles. The van der Waals surface area contributed by atoms with Gasteiger partial charge in [-0.2, -0.15) is 0 Å². The van der Waals surface area contributed by atoms with Gasteiger partial charge in [-0.25, -0.2) is 0 Å². The summed E-state index contributed by atoms with van der Waals surface area (Å²) in [6, 6.07) is 12.0.